The average Bonchev–Trinajstić information content (AvgIpc) is 2.87. The molecule has 0 saturated carbocycles. The summed E-state index contributed by atoms with van der Waals surface area (Å²) in [6, 6.07) is 12.4. The molecule has 1 heterocycles. The second kappa shape index (κ2) is 5.40. The van der Waals surface area contributed by atoms with E-state index in [1.165, 1.54) is 18.2 Å². The number of hydrogen-bond acceptors (Lipinski definition) is 3. The van der Waals surface area contributed by atoms with Crippen molar-refractivity contribution >= 4 is 38.5 Å². The highest BCUT2D eigenvalue weighted by molar-refractivity contribution is 7.90. The summed E-state index contributed by atoms with van der Waals surface area (Å²) in [6.45, 7) is 1.66. The maximum absolute atomic E-state index is 13.0. The number of rotatable bonds is 3. The third-order valence-electron chi connectivity index (χ3n) is 3.55. The Bertz CT molecular complexity index is 1040. The second-order valence-corrected chi connectivity index (χ2v) is 7.26. The van der Waals surface area contributed by atoms with Crippen LogP contribution in [0.5, 0.6) is 0 Å². The number of halogens is 1. The number of carbonyl (C=O) groups is 1. The van der Waals surface area contributed by atoms with Gasteiger partial charge in [0, 0.05) is 10.4 Å². The fourth-order valence-corrected chi connectivity index (χ4v) is 4.40. The van der Waals surface area contributed by atoms with Gasteiger partial charge < -0.3 is 5.11 Å². The molecular formula is C16H12ClNO4S. The summed E-state index contributed by atoms with van der Waals surface area (Å²) in [7, 11) is -4.07. The molecule has 5 nitrogen and oxygen atoms in total. The Balaban J connectivity index is 2.43. The normalized spacial score (nSPS) is 11.7. The van der Waals surface area contributed by atoms with Crippen molar-refractivity contribution in [2.24, 2.45) is 0 Å². The quantitative estimate of drug-likeness (QED) is 0.784. The lowest BCUT2D eigenvalue weighted by Crippen LogP contribution is -2.19. The van der Waals surface area contributed by atoms with E-state index < -0.39 is 16.0 Å². The summed E-state index contributed by atoms with van der Waals surface area (Å²) < 4.78 is 26.9. The number of carboxylic acids is 1. The molecule has 1 aromatic heterocycles. The highest BCUT2D eigenvalue weighted by Crippen LogP contribution is 2.29. The smallest absolute Gasteiger partial charge is 0.353 e. The molecule has 0 bridgehead atoms. The van der Waals surface area contributed by atoms with Crippen molar-refractivity contribution in [3.8, 4) is 0 Å². The van der Waals surface area contributed by atoms with E-state index >= 15 is 0 Å². The first-order valence-electron chi connectivity index (χ1n) is 6.68. The molecule has 0 aliphatic carbocycles. The molecule has 0 unspecified atom stereocenters. The molecule has 1 N–H and O–H groups in total. The first kappa shape index (κ1) is 15.6. The van der Waals surface area contributed by atoms with Gasteiger partial charge in [-0.3, -0.25) is 0 Å². The molecule has 0 radical (unpaired) electrons. The lowest BCUT2D eigenvalue weighted by molar-refractivity contribution is 0.0689. The summed E-state index contributed by atoms with van der Waals surface area (Å²) in [4.78, 5) is 11.6. The Labute approximate surface area is 137 Å². The molecule has 23 heavy (non-hydrogen) atoms. The van der Waals surface area contributed by atoms with Gasteiger partial charge in [-0.1, -0.05) is 35.9 Å². The van der Waals surface area contributed by atoms with Gasteiger partial charge in [-0.05, 0) is 36.8 Å². The van der Waals surface area contributed by atoms with Gasteiger partial charge in [-0.25, -0.2) is 17.2 Å². The molecule has 0 atom stereocenters. The van der Waals surface area contributed by atoms with Gasteiger partial charge in [0.05, 0.1) is 10.4 Å². The van der Waals surface area contributed by atoms with E-state index in [2.05, 4.69) is 0 Å². The minimum absolute atomic E-state index is 0.0555. The van der Waals surface area contributed by atoms with Crippen LogP contribution in [0.2, 0.25) is 5.02 Å². The van der Waals surface area contributed by atoms with Crippen molar-refractivity contribution in [1.29, 1.82) is 0 Å². The molecule has 7 heteroatoms. The van der Waals surface area contributed by atoms with Crippen LogP contribution in [0.4, 0.5) is 0 Å². The van der Waals surface area contributed by atoms with E-state index in [1.54, 1.807) is 37.3 Å². The molecule has 3 aromatic rings. The highest BCUT2D eigenvalue weighted by Gasteiger charge is 2.27. The Hall–Kier alpha value is -2.31. The molecule has 3 rings (SSSR count). The van der Waals surface area contributed by atoms with E-state index in [0.29, 0.717) is 16.0 Å². The third-order valence-corrected chi connectivity index (χ3v) is 5.68. The number of nitrogens with zero attached hydrogens (tertiary/aromatic N) is 1. The van der Waals surface area contributed by atoms with Gasteiger partial charge in [0.25, 0.3) is 10.0 Å². The van der Waals surface area contributed by atoms with E-state index in [0.717, 1.165) is 3.97 Å². The minimum Gasteiger partial charge on any atom is -0.477 e. The van der Waals surface area contributed by atoms with Crippen LogP contribution in [0, 0.1) is 6.92 Å². The molecule has 0 fully saturated rings. The van der Waals surface area contributed by atoms with Gasteiger partial charge in [0.15, 0.2) is 0 Å². The maximum atomic E-state index is 13.0. The van der Waals surface area contributed by atoms with Crippen LogP contribution < -0.4 is 0 Å². The number of benzene rings is 2. The SMILES string of the molecule is Cc1ccccc1S(=O)(=O)n1c(C(=O)O)cc2ccc(Cl)cc21. The molecule has 118 valence electrons. The van der Waals surface area contributed by atoms with Crippen molar-refractivity contribution in [3.63, 3.8) is 0 Å². The summed E-state index contributed by atoms with van der Waals surface area (Å²) in [5.41, 5.74) is 0.441. The lowest BCUT2D eigenvalue weighted by atomic mass is 10.2. The van der Waals surface area contributed by atoms with Gasteiger partial charge >= 0.3 is 5.97 Å². The summed E-state index contributed by atoms with van der Waals surface area (Å²) >= 11 is 5.95. The zero-order valence-electron chi connectivity index (χ0n) is 12.0. The fraction of sp³-hybridized carbons (Fsp3) is 0.0625. The second-order valence-electron chi connectivity index (χ2n) is 5.07. The van der Waals surface area contributed by atoms with Crippen molar-refractivity contribution in [2.75, 3.05) is 0 Å². The van der Waals surface area contributed by atoms with Gasteiger partial charge in [0.2, 0.25) is 0 Å². The van der Waals surface area contributed by atoms with Crippen LogP contribution in [0.1, 0.15) is 16.1 Å². The van der Waals surface area contributed by atoms with Gasteiger partial charge in [0.1, 0.15) is 5.69 Å². The van der Waals surface area contributed by atoms with Crippen LogP contribution in [-0.4, -0.2) is 23.5 Å². The fourth-order valence-electron chi connectivity index (χ4n) is 2.50. The Kier molecular flexibility index (Phi) is 3.66. The Morgan fingerprint density at radius 3 is 2.48 bits per heavy atom. The lowest BCUT2D eigenvalue weighted by Gasteiger charge is -2.12. The summed E-state index contributed by atoms with van der Waals surface area (Å²) in [6.07, 6.45) is 0. The molecule has 0 saturated heterocycles. The first-order chi connectivity index (χ1) is 10.8. The third kappa shape index (κ3) is 2.50. The number of aromatic nitrogens is 1. The molecular weight excluding hydrogens is 338 g/mol. The van der Waals surface area contributed by atoms with Gasteiger partial charge in [-0.2, -0.15) is 0 Å². The Morgan fingerprint density at radius 2 is 1.83 bits per heavy atom. The van der Waals surface area contributed by atoms with Crippen molar-refractivity contribution < 1.29 is 18.3 Å². The number of aryl methyl sites for hydroxylation is 1. The van der Waals surface area contributed by atoms with Crippen molar-refractivity contribution in [1.82, 2.24) is 3.97 Å². The summed E-state index contributed by atoms with van der Waals surface area (Å²) in [5, 5.41) is 10.2. The van der Waals surface area contributed by atoms with E-state index in [9.17, 15) is 18.3 Å². The molecule has 0 aliphatic rings. The standard InChI is InChI=1S/C16H12ClNO4S/c1-10-4-2-3-5-15(10)23(21,22)18-13-9-12(17)7-6-11(13)8-14(18)16(19)20/h2-9H,1H3,(H,19,20). The Morgan fingerprint density at radius 1 is 1.13 bits per heavy atom. The first-order valence-corrected chi connectivity index (χ1v) is 8.49. The van der Waals surface area contributed by atoms with Crippen LogP contribution in [0.15, 0.2) is 53.4 Å². The zero-order chi connectivity index (χ0) is 16.8. The molecule has 0 aliphatic heterocycles. The molecule has 0 amide bonds. The number of aromatic carboxylic acids is 1. The van der Waals surface area contributed by atoms with Gasteiger partial charge in [-0.15, -0.1) is 0 Å². The topological polar surface area (TPSA) is 76.4 Å². The van der Waals surface area contributed by atoms with Crippen molar-refractivity contribution in [2.45, 2.75) is 11.8 Å². The highest BCUT2D eigenvalue weighted by atomic mass is 35.5. The zero-order valence-corrected chi connectivity index (χ0v) is 13.6. The van der Waals surface area contributed by atoms with Crippen LogP contribution in [-0.2, 0) is 10.0 Å². The van der Waals surface area contributed by atoms with E-state index in [1.807, 2.05) is 0 Å². The summed E-state index contributed by atoms with van der Waals surface area (Å²) in [5.74, 6) is -1.32. The van der Waals surface area contributed by atoms with E-state index in [-0.39, 0.29) is 16.1 Å². The largest absolute Gasteiger partial charge is 0.477 e. The number of carboxylic acid groups (broad SMARTS) is 1. The predicted octanol–water partition coefficient (Wildman–Crippen LogP) is 3.54. The number of fused-ring (bicyclic) bond motifs is 1. The van der Waals surface area contributed by atoms with Crippen molar-refractivity contribution in [3.05, 3.63) is 64.8 Å². The number of hydrogen-bond donors (Lipinski definition) is 1. The van der Waals surface area contributed by atoms with E-state index in [4.69, 9.17) is 11.6 Å². The molecule has 0 spiro atoms. The van der Waals surface area contributed by atoms with Crippen LogP contribution in [0.3, 0.4) is 0 Å². The minimum atomic E-state index is -4.07. The van der Waals surface area contributed by atoms with Crippen LogP contribution in [0.25, 0.3) is 10.9 Å². The molecule has 2 aromatic carbocycles. The maximum Gasteiger partial charge on any atom is 0.353 e. The predicted molar refractivity (Wildman–Crippen MR) is 87.7 cm³/mol. The van der Waals surface area contributed by atoms with Crippen LogP contribution >= 0.6 is 11.6 Å². The monoisotopic (exact) mass is 349 g/mol. The average molecular weight is 350 g/mol.